The number of nitro benzene ring substituents is 1. The number of hydrogen-bond donors (Lipinski definition) is 1. The Labute approximate surface area is 350 Å². The highest BCUT2D eigenvalue weighted by Crippen LogP contribution is 2.43. The summed E-state index contributed by atoms with van der Waals surface area (Å²) < 4.78 is 35.1. The summed E-state index contributed by atoms with van der Waals surface area (Å²) in [7, 11) is -4.20. The number of allylic oxidation sites excluding steroid dienone is 1. The van der Waals surface area contributed by atoms with Gasteiger partial charge in [-0.3, -0.25) is 19.9 Å². The molecule has 4 heterocycles. The van der Waals surface area contributed by atoms with E-state index in [0.717, 1.165) is 85.8 Å². The molecule has 3 fully saturated rings. The van der Waals surface area contributed by atoms with E-state index in [1.54, 1.807) is 17.7 Å². The van der Waals surface area contributed by atoms with Gasteiger partial charge in [-0.25, -0.2) is 17.4 Å². The number of nitrogens with zero attached hydrogens (tertiary/aromatic N) is 6. The Morgan fingerprint density at radius 1 is 0.949 bits per heavy atom. The number of benzene rings is 3. The molecule has 2 aliphatic carbocycles. The zero-order valence-corrected chi connectivity index (χ0v) is 35.1. The average molecular weight is 836 g/mol. The molecule has 1 N–H and O–H groups in total. The maximum absolute atomic E-state index is 13.9. The number of piperazine rings is 1. The van der Waals surface area contributed by atoms with Crippen molar-refractivity contribution in [3.8, 4) is 11.5 Å². The standard InChI is InChI=1S/C45H50ClN7O5S/c1-45(2)17-14-33(41(27-45)31-6-8-34(46)9-7-31)29-49-20-22-50(23-21-49)37-4-3-5-38(25-37)58-39-24-32-15-19-52(44(32)47-28-39)59(56,57)40-12-13-42(43(26-40)53(54)55)48-35-16-18-51(30-35)36-10-11-36/h3-9,12-13,15,19,24-26,28,35-36,48H,10-11,14,16-18,20-23,27,29-30H2,1-2H3/t35-/m0/s1. The maximum atomic E-state index is 13.9. The van der Waals surface area contributed by atoms with E-state index >= 15 is 0 Å². The van der Waals surface area contributed by atoms with Crippen LogP contribution < -0.4 is 15.0 Å². The van der Waals surface area contributed by atoms with Crippen molar-refractivity contribution in [3.05, 3.63) is 118 Å². The van der Waals surface area contributed by atoms with E-state index in [1.807, 2.05) is 30.3 Å². The quantitative estimate of drug-likeness (QED) is 0.0961. The second kappa shape index (κ2) is 15.9. The van der Waals surface area contributed by atoms with E-state index < -0.39 is 14.9 Å². The number of nitrogens with one attached hydrogen (secondary N) is 1. The minimum Gasteiger partial charge on any atom is -0.456 e. The van der Waals surface area contributed by atoms with Gasteiger partial charge in [-0.2, -0.15) is 0 Å². The molecule has 0 radical (unpaired) electrons. The summed E-state index contributed by atoms with van der Waals surface area (Å²) in [5, 5.41) is 16.7. The molecule has 4 aliphatic rings. The Bertz CT molecular complexity index is 2530. The first-order valence-corrected chi connectivity index (χ1v) is 22.4. The SMILES string of the molecule is CC1(C)CCC(CN2CCN(c3cccc(Oc4cnc5c(ccn5S(=O)(=O)c5ccc(N[C@H]6CCN(C7CC7)C6)c([N+](=O)[O-])c5)c4)c3)CC2)=C(c2ccc(Cl)cc2)C1. The monoisotopic (exact) mass is 835 g/mol. The summed E-state index contributed by atoms with van der Waals surface area (Å²) in [6.45, 7) is 11.2. The summed E-state index contributed by atoms with van der Waals surface area (Å²) in [5.41, 5.74) is 5.90. The van der Waals surface area contributed by atoms with E-state index in [4.69, 9.17) is 16.3 Å². The van der Waals surface area contributed by atoms with Gasteiger partial charge in [0.2, 0.25) is 0 Å². The Kier molecular flexibility index (Phi) is 10.7. The number of ether oxygens (including phenoxy) is 1. The first-order valence-electron chi connectivity index (χ1n) is 20.6. The lowest BCUT2D eigenvalue weighted by Gasteiger charge is -2.39. The number of fused-ring (bicyclic) bond motifs is 1. The lowest BCUT2D eigenvalue weighted by Crippen LogP contribution is -2.47. The van der Waals surface area contributed by atoms with Gasteiger partial charge in [0.15, 0.2) is 5.65 Å². The van der Waals surface area contributed by atoms with Gasteiger partial charge in [0, 0.05) is 92.3 Å². The van der Waals surface area contributed by atoms with Crippen LogP contribution in [-0.4, -0.2) is 90.0 Å². The Hall–Kier alpha value is -4.95. The third-order valence-corrected chi connectivity index (χ3v) is 14.3. The molecule has 2 aromatic heterocycles. The van der Waals surface area contributed by atoms with Crippen molar-refractivity contribution in [3.63, 3.8) is 0 Å². The third-order valence-electron chi connectivity index (χ3n) is 12.4. The summed E-state index contributed by atoms with van der Waals surface area (Å²) >= 11 is 6.23. The van der Waals surface area contributed by atoms with Crippen LogP contribution in [0.5, 0.6) is 11.5 Å². The smallest absolute Gasteiger partial charge is 0.293 e. The number of halogens is 1. The summed E-state index contributed by atoms with van der Waals surface area (Å²) in [6, 6.07) is 24.5. The van der Waals surface area contributed by atoms with E-state index in [-0.39, 0.29) is 27.7 Å². The Morgan fingerprint density at radius 2 is 1.75 bits per heavy atom. The average Bonchev–Trinajstić information content (AvgIpc) is 3.81. The number of likely N-dealkylation sites (tertiary alicyclic amines) is 1. The fourth-order valence-corrected chi connectivity index (χ4v) is 10.4. The van der Waals surface area contributed by atoms with Gasteiger partial charge in [0.25, 0.3) is 15.7 Å². The van der Waals surface area contributed by atoms with Crippen molar-refractivity contribution in [1.29, 1.82) is 0 Å². The van der Waals surface area contributed by atoms with E-state index in [0.29, 0.717) is 28.6 Å². The van der Waals surface area contributed by atoms with Crippen LogP contribution in [0.15, 0.2) is 102 Å². The lowest BCUT2D eigenvalue weighted by atomic mass is 9.72. The molecule has 2 aliphatic heterocycles. The molecule has 1 saturated carbocycles. The molecule has 3 aromatic carbocycles. The largest absolute Gasteiger partial charge is 0.456 e. The summed E-state index contributed by atoms with van der Waals surface area (Å²) in [6.07, 6.45) is 9.59. The molecule has 1 atom stereocenters. The van der Waals surface area contributed by atoms with Crippen LogP contribution in [0.4, 0.5) is 17.1 Å². The van der Waals surface area contributed by atoms with Gasteiger partial charge < -0.3 is 15.0 Å². The van der Waals surface area contributed by atoms with Crippen LogP contribution >= 0.6 is 11.6 Å². The molecule has 9 rings (SSSR count). The van der Waals surface area contributed by atoms with Crippen LogP contribution in [0.1, 0.15) is 57.9 Å². The van der Waals surface area contributed by atoms with Crippen LogP contribution in [0.2, 0.25) is 5.02 Å². The third kappa shape index (κ3) is 8.57. The normalized spacial score (nSPS) is 20.3. The van der Waals surface area contributed by atoms with E-state index in [9.17, 15) is 18.5 Å². The maximum Gasteiger partial charge on any atom is 0.293 e. The lowest BCUT2D eigenvalue weighted by molar-refractivity contribution is -0.384. The van der Waals surface area contributed by atoms with Gasteiger partial charge in [0.1, 0.15) is 17.2 Å². The van der Waals surface area contributed by atoms with Crippen LogP contribution in [0.3, 0.4) is 0 Å². The fraction of sp³-hybridized carbons (Fsp3) is 0.400. The van der Waals surface area contributed by atoms with Crippen LogP contribution in [0, 0.1) is 15.5 Å². The van der Waals surface area contributed by atoms with Crippen LogP contribution in [-0.2, 0) is 10.0 Å². The molecular formula is C45H50ClN7O5S. The predicted molar refractivity (Wildman–Crippen MR) is 233 cm³/mol. The van der Waals surface area contributed by atoms with Crippen LogP contribution in [0.25, 0.3) is 16.6 Å². The number of nitro groups is 1. The second-order valence-electron chi connectivity index (χ2n) is 17.3. The molecule has 14 heteroatoms. The van der Waals surface area contributed by atoms with Gasteiger partial charge in [-0.05, 0) is 104 Å². The van der Waals surface area contributed by atoms with E-state index in [1.165, 1.54) is 54.9 Å². The van der Waals surface area contributed by atoms with E-state index in [2.05, 4.69) is 57.0 Å². The second-order valence-corrected chi connectivity index (χ2v) is 19.5. The molecule has 0 spiro atoms. The van der Waals surface area contributed by atoms with Gasteiger partial charge >= 0.3 is 0 Å². The number of hydrogen-bond acceptors (Lipinski definition) is 10. The van der Waals surface area contributed by atoms with Crippen molar-refractivity contribution in [2.75, 3.05) is 56.0 Å². The van der Waals surface area contributed by atoms with Crippen molar-refractivity contribution < 1.29 is 18.1 Å². The molecule has 0 bridgehead atoms. The predicted octanol–water partition coefficient (Wildman–Crippen LogP) is 9.06. The number of rotatable bonds is 12. The molecule has 2 saturated heterocycles. The minimum absolute atomic E-state index is 0.0718. The van der Waals surface area contributed by atoms with Crippen molar-refractivity contribution in [2.45, 2.75) is 69.4 Å². The highest BCUT2D eigenvalue weighted by Gasteiger charge is 2.35. The summed E-state index contributed by atoms with van der Waals surface area (Å²) in [4.78, 5) is 23.3. The first kappa shape index (κ1) is 39.5. The van der Waals surface area contributed by atoms with Gasteiger partial charge in [0.05, 0.1) is 16.0 Å². The van der Waals surface area contributed by atoms with Crippen molar-refractivity contribution in [1.82, 2.24) is 18.8 Å². The fourth-order valence-electron chi connectivity index (χ4n) is 8.96. The molecule has 0 amide bonds. The zero-order valence-electron chi connectivity index (χ0n) is 33.5. The van der Waals surface area contributed by atoms with Crippen molar-refractivity contribution in [2.24, 2.45) is 5.41 Å². The molecule has 0 unspecified atom stereocenters. The number of pyridine rings is 1. The van der Waals surface area contributed by atoms with Crippen molar-refractivity contribution >= 4 is 55.3 Å². The molecule has 59 heavy (non-hydrogen) atoms. The topological polar surface area (TPSA) is 126 Å². The summed E-state index contributed by atoms with van der Waals surface area (Å²) in [5.74, 6) is 1.12. The number of aromatic nitrogens is 2. The molecule has 12 nitrogen and oxygen atoms in total. The molecular weight excluding hydrogens is 786 g/mol. The Balaban J connectivity index is 0.852. The molecule has 308 valence electrons. The highest BCUT2D eigenvalue weighted by atomic mass is 35.5. The Morgan fingerprint density at radius 3 is 2.51 bits per heavy atom. The van der Waals surface area contributed by atoms with Gasteiger partial charge in [-0.15, -0.1) is 0 Å². The minimum atomic E-state index is -4.20. The molecule has 5 aromatic rings. The first-order chi connectivity index (χ1) is 28.4. The highest BCUT2D eigenvalue weighted by molar-refractivity contribution is 7.90. The van der Waals surface area contributed by atoms with Gasteiger partial charge in [-0.1, -0.05) is 49.2 Å². The zero-order chi connectivity index (χ0) is 40.9. The number of anilines is 2.